The summed E-state index contributed by atoms with van der Waals surface area (Å²) in [5.41, 5.74) is 1.09. The number of thioether (sulfide) groups is 1. The van der Waals surface area contributed by atoms with E-state index in [1.54, 1.807) is 49.7 Å². The molecular weight excluding hydrogens is 634 g/mol. The number of urea groups is 1. The van der Waals surface area contributed by atoms with Gasteiger partial charge >= 0.3 is 6.03 Å². The fourth-order valence-electron chi connectivity index (χ4n) is 4.68. The van der Waals surface area contributed by atoms with Crippen molar-refractivity contribution >= 4 is 51.2 Å². The van der Waals surface area contributed by atoms with Crippen molar-refractivity contribution in [3.8, 4) is 11.4 Å². The number of hydrogen-bond acceptors (Lipinski definition) is 6. The van der Waals surface area contributed by atoms with E-state index < -0.39 is 27.0 Å². The fraction of sp³-hybridized carbons (Fsp3) is 0.267. The lowest BCUT2D eigenvalue weighted by Crippen LogP contribution is -2.45. The van der Waals surface area contributed by atoms with Gasteiger partial charge in [-0.2, -0.15) is 0 Å². The molecule has 3 aromatic carbocycles. The molecule has 13 heteroatoms. The molecule has 226 valence electrons. The Morgan fingerprint density at radius 1 is 1.14 bits per heavy atom. The van der Waals surface area contributed by atoms with Crippen LogP contribution in [-0.2, 0) is 15.4 Å². The predicted octanol–water partition coefficient (Wildman–Crippen LogP) is 7.18. The SMILES string of the molecule is COc1cc(C(C)(C)c2cnc(SCC3(N(Cl)C(=O)NS(=O)(=O)c4ccccc4)CC3)n2-c2ccc(F)cc2)ccc1Cl. The molecule has 0 unspecified atom stereocenters. The Labute approximate surface area is 264 Å². The number of amides is 2. The molecule has 0 atom stereocenters. The first-order valence-corrected chi connectivity index (χ1v) is 16.5. The average molecular weight is 664 g/mol. The minimum Gasteiger partial charge on any atom is -0.495 e. The molecule has 1 aliphatic carbocycles. The van der Waals surface area contributed by atoms with Crippen LogP contribution >= 0.6 is 35.1 Å². The summed E-state index contributed by atoms with van der Waals surface area (Å²) in [7, 11) is -2.54. The van der Waals surface area contributed by atoms with Crippen molar-refractivity contribution in [1.29, 1.82) is 0 Å². The number of ether oxygens (including phenoxy) is 1. The third-order valence-electron chi connectivity index (χ3n) is 7.49. The van der Waals surface area contributed by atoms with E-state index in [-0.39, 0.29) is 10.7 Å². The third kappa shape index (κ3) is 6.35. The number of aromatic nitrogens is 2. The van der Waals surface area contributed by atoms with Gasteiger partial charge in [-0.15, -0.1) is 0 Å². The van der Waals surface area contributed by atoms with Crippen molar-refractivity contribution in [3.63, 3.8) is 0 Å². The van der Waals surface area contributed by atoms with E-state index in [9.17, 15) is 17.6 Å². The number of nitrogens with one attached hydrogen (secondary N) is 1. The maximum atomic E-state index is 13.9. The molecule has 0 radical (unpaired) electrons. The first kappa shape index (κ1) is 31.2. The van der Waals surface area contributed by atoms with Crippen LogP contribution in [0.15, 0.2) is 89.0 Å². The third-order valence-corrected chi connectivity index (χ3v) is 10.9. The number of methoxy groups -OCH3 is 1. The number of rotatable bonds is 10. The summed E-state index contributed by atoms with van der Waals surface area (Å²) < 4.78 is 49.7. The number of halogens is 3. The Bertz CT molecular complexity index is 1750. The van der Waals surface area contributed by atoms with Crippen molar-refractivity contribution in [3.05, 3.63) is 101 Å². The van der Waals surface area contributed by atoms with E-state index >= 15 is 0 Å². The van der Waals surface area contributed by atoms with E-state index in [0.717, 1.165) is 15.7 Å². The minimum absolute atomic E-state index is 0.0394. The van der Waals surface area contributed by atoms with Crippen LogP contribution in [0.3, 0.4) is 0 Å². The van der Waals surface area contributed by atoms with Crippen molar-refractivity contribution in [2.45, 2.75) is 47.7 Å². The van der Waals surface area contributed by atoms with Crippen LogP contribution in [0, 0.1) is 5.82 Å². The lowest BCUT2D eigenvalue weighted by atomic mass is 9.81. The zero-order valence-corrected chi connectivity index (χ0v) is 26.7. The highest BCUT2D eigenvalue weighted by molar-refractivity contribution is 7.99. The van der Waals surface area contributed by atoms with Gasteiger partial charge in [-0.05, 0) is 66.9 Å². The summed E-state index contributed by atoms with van der Waals surface area (Å²) in [6, 6.07) is 18.4. The monoisotopic (exact) mass is 662 g/mol. The van der Waals surface area contributed by atoms with Gasteiger partial charge in [-0.3, -0.25) is 4.57 Å². The van der Waals surface area contributed by atoms with Crippen molar-refractivity contribution in [1.82, 2.24) is 18.7 Å². The van der Waals surface area contributed by atoms with E-state index in [4.69, 9.17) is 33.1 Å². The average Bonchev–Trinajstić information content (AvgIpc) is 3.66. The van der Waals surface area contributed by atoms with Crippen molar-refractivity contribution < 1.29 is 22.3 Å². The minimum atomic E-state index is -4.09. The Balaban J connectivity index is 1.42. The van der Waals surface area contributed by atoms with Crippen LogP contribution in [-0.4, -0.2) is 46.8 Å². The van der Waals surface area contributed by atoms with Crippen LogP contribution in [0.1, 0.15) is 37.9 Å². The normalized spacial score (nSPS) is 14.3. The number of carbonyl (C=O) groups excluding carboxylic acids is 1. The lowest BCUT2D eigenvalue weighted by Gasteiger charge is -2.28. The van der Waals surface area contributed by atoms with E-state index in [1.165, 1.54) is 36.0 Å². The Morgan fingerprint density at radius 3 is 2.44 bits per heavy atom. The van der Waals surface area contributed by atoms with Crippen LogP contribution in [0.5, 0.6) is 5.75 Å². The molecule has 43 heavy (non-hydrogen) atoms. The summed E-state index contributed by atoms with van der Waals surface area (Å²) in [6.07, 6.45) is 2.94. The quantitative estimate of drug-likeness (QED) is 0.143. The van der Waals surface area contributed by atoms with Crippen LogP contribution < -0.4 is 9.46 Å². The molecule has 0 spiro atoms. The van der Waals surface area contributed by atoms with Gasteiger partial charge in [0.1, 0.15) is 11.6 Å². The first-order valence-electron chi connectivity index (χ1n) is 13.3. The molecule has 1 fully saturated rings. The zero-order valence-electron chi connectivity index (χ0n) is 23.6. The molecule has 2 amide bonds. The van der Waals surface area contributed by atoms with E-state index in [0.29, 0.717) is 40.2 Å². The standard InChI is InChI=1S/C30H29Cl2FN4O4S2/c1-29(2,20-9-14-24(31)25(17-20)41-3)26-18-34-28(36(26)22-12-10-21(33)11-13-22)42-19-30(15-16-30)37(32)27(38)35-43(39,40)23-7-5-4-6-8-23/h4-14,17-18H,15-16,19H2,1-3H3,(H,35,38). The highest BCUT2D eigenvalue weighted by atomic mass is 35.5. The van der Waals surface area contributed by atoms with Crippen molar-refractivity contribution in [2.75, 3.05) is 12.9 Å². The topological polar surface area (TPSA) is 93.5 Å². The Kier molecular flexibility index (Phi) is 8.72. The second-order valence-corrected chi connectivity index (χ2v) is 14.1. The van der Waals surface area contributed by atoms with Gasteiger partial charge in [-0.25, -0.2) is 31.7 Å². The summed E-state index contributed by atoms with van der Waals surface area (Å²) in [6.45, 7) is 4.09. The van der Waals surface area contributed by atoms with E-state index in [2.05, 4.69) is 4.72 Å². The molecular formula is C30H29Cl2FN4O4S2. The van der Waals surface area contributed by atoms with Crippen LogP contribution in [0.2, 0.25) is 5.02 Å². The number of imidazole rings is 1. The molecule has 1 heterocycles. The van der Waals surface area contributed by atoms with Crippen LogP contribution in [0.4, 0.5) is 9.18 Å². The fourth-order valence-corrected chi connectivity index (χ4v) is 7.50. The number of nitrogens with zero attached hydrogens (tertiary/aromatic N) is 3. The summed E-state index contributed by atoms with van der Waals surface area (Å²) in [4.78, 5) is 17.6. The smallest absolute Gasteiger partial charge is 0.346 e. The molecule has 0 saturated heterocycles. The maximum absolute atomic E-state index is 13.9. The van der Waals surface area contributed by atoms with Gasteiger partial charge in [-0.1, -0.05) is 61.5 Å². The maximum Gasteiger partial charge on any atom is 0.346 e. The first-order chi connectivity index (χ1) is 20.4. The molecule has 8 nitrogen and oxygen atoms in total. The molecule has 1 saturated carbocycles. The van der Waals surface area contributed by atoms with Gasteiger partial charge in [0, 0.05) is 28.6 Å². The lowest BCUT2D eigenvalue weighted by molar-refractivity contribution is 0.219. The van der Waals surface area contributed by atoms with Gasteiger partial charge in [0.15, 0.2) is 5.16 Å². The van der Waals surface area contributed by atoms with Gasteiger partial charge in [0.05, 0.1) is 34.5 Å². The largest absolute Gasteiger partial charge is 0.495 e. The molecule has 4 aromatic rings. The van der Waals surface area contributed by atoms with Gasteiger partial charge in [0.2, 0.25) is 0 Å². The van der Waals surface area contributed by atoms with Crippen molar-refractivity contribution in [2.24, 2.45) is 0 Å². The summed E-state index contributed by atoms with van der Waals surface area (Å²) in [5.74, 6) is 0.523. The molecule has 0 aliphatic heterocycles. The predicted molar refractivity (Wildman–Crippen MR) is 166 cm³/mol. The molecule has 1 aliphatic rings. The van der Waals surface area contributed by atoms with Gasteiger partial charge in [0.25, 0.3) is 10.0 Å². The Hall–Kier alpha value is -3.25. The molecule has 0 bridgehead atoms. The highest BCUT2D eigenvalue weighted by Gasteiger charge is 2.51. The second kappa shape index (κ2) is 12.0. The summed E-state index contributed by atoms with van der Waals surface area (Å²) >= 11 is 14.1. The molecule has 5 rings (SSSR count). The van der Waals surface area contributed by atoms with Crippen LogP contribution in [0.25, 0.3) is 5.69 Å². The number of sulfonamides is 1. The second-order valence-electron chi connectivity index (χ2n) is 10.7. The number of benzene rings is 3. The highest BCUT2D eigenvalue weighted by Crippen LogP contribution is 2.47. The molecule has 1 aromatic heterocycles. The van der Waals surface area contributed by atoms with Gasteiger partial charge < -0.3 is 4.74 Å². The van der Waals surface area contributed by atoms with E-state index in [1.807, 2.05) is 30.5 Å². The number of hydrogen-bond donors (Lipinski definition) is 1. The number of carbonyl (C=O) groups is 1. The Morgan fingerprint density at radius 2 is 1.81 bits per heavy atom. The zero-order chi connectivity index (χ0) is 31.0. The molecule has 1 N–H and O–H groups in total. The summed E-state index contributed by atoms with van der Waals surface area (Å²) in [5, 5.41) is 1.09.